The van der Waals surface area contributed by atoms with Crippen molar-refractivity contribution in [3.8, 4) is 0 Å². The monoisotopic (exact) mass is 215 g/mol. The Bertz CT molecular complexity index is 352. The predicted octanol–water partition coefficient (Wildman–Crippen LogP) is 1.94. The van der Waals surface area contributed by atoms with E-state index >= 15 is 0 Å². The van der Waals surface area contributed by atoms with Crippen LogP contribution in [0.5, 0.6) is 0 Å². The summed E-state index contributed by atoms with van der Waals surface area (Å²) in [5.41, 5.74) is 5.87. The molecule has 0 aromatic heterocycles. The van der Waals surface area contributed by atoms with Crippen molar-refractivity contribution in [1.29, 1.82) is 0 Å². The van der Waals surface area contributed by atoms with E-state index in [0.29, 0.717) is 10.6 Å². The average Bonchev–Trinajstić information content (AvgIpc) is 2.11. The molecule has 0 bridgehead atoms. The van der Waals surface area contributed by atoms with E-state index in [-0.39, 0.29) is 12.2 Å². The van der Waals surface area contributed by atoms with Crippen molar-refractivity contribution >= 4 is 17.4 Å². The zero-order valence-electron chi connectivity index (χ0n) is 7.76. The van der Waals surface area contributed by atoms with E-state index in [2.05, 4.69) is 0 Å². The molecule has 1 atom stereocenters. The van der Waals surface area contributed by atoms with Gasteiger partial charge in [-0.1, -0.05) is 11.6 Å². The lowest BCUT2D eigenvalue weighted by molar-refractivity contribution is -0.119. The van der Waals surface area contributed by atoms with Crippen LogP contribution < -0.4 is 5.73 Å². The van der Waals surface area contributed by atoms with Crippen molar-refractivity contribution in [3.05, 3.63) is 34.6 Å². The highest BCUT2D eigenvalue weighted by Crippen LogP contribution is 2.17. The minimum atomic E-state index is -0.547. The first kappa shape index (κ1) is 11.1. The molecule has 1 unspecified atom stereocenters. The van der Waals surface area contributed by atoms with Gasteiger partial charge in [0.1, 0.15) is 5.82 Å². The summed E-state index contributed by atoms with van der Waals surface area (Å²) in [5, 5.41) is 0.389. The lowest BCUT2D eigenvalue weighted by atomic mass is 10.1. The molecule has 0 heterocycles. The van der Waals surface area contributed by atoms with Gasteiger partial charge in [-0.25, -0.2) is 4.39 Å². The Morgan fingerprint density at radius 1 is 1.64 bits per heavy atom. The first-order valence-corrected chi connectivity index (χ1v) is 4.60. The fraction of sp³-hybridized carbons (Fsp3) is 0.300. The van der Waals surface area contributed by atoms with Crippen LogP contribution >= 0.6 is 11.6 Å². The van der Waals surface area contributed by atoms with E-state index in [1.165, 1.54) is 18.2 Å². The summed E-state index contributed by atoms with van der Waals surface area (Å²) in [6.45, 7) is 1.59. The van der Waals surface area contributed by atoms with Crippen molar-refractivity contribution in [3.63, 3.8) is 0 Å². The number of hydrogen-bond donors (Lipinski definition) is 1. The summed E-state index contributed by atoms with van der Waals surface area (Å²) < 4.78 is 12.8. The van der Waals surface area contributed by atoms with E-state index < -0.39 is 11.9 Å². The summed E-state index contributed by atoms with van der Waals surface area (Å²) in [4.78, 5) is 11.3. The summed E-state index contributed by atoms with van der Waals surface area (Å²) in [7, 11) is 0. The number of halogens is 2. The second-order valence-electron chi connectivity index (χ2n) is 3.17. The molecule has 1 rings (SSSR count). The highest BCUT2D eigenvalue weighted by atomic mass is 35.5. The molecule has 0 fully saturated rings. The summed E-state index contributed by atoms with van der Waals surface area (Å²) in [6, 6.07) is 3.39. The van der Waals surface area contributed by atoms with Gasteiger partial charge in [-0.15, -0.1) is 0 Å². The van der Waals surface area contributed by atoms with Crippen LogP contribution in [0, 0.1) is 5.82 Å². The molecule has 0 radical (unpaired) electrons. The molecule has 0 aliphatic carbocycles. The van der Waals surface area contributed by atoms with Gasteiger partial charge in [0.15, 0.2) is 5.78 Å². The quantitative estimate of drug-likeness (QED) is 0.838. The second-order valence-corrected chi connectivity index (χ2v) is 3.57. The molecular weight excluding hydrogens is 205 g/mol. The third-order valence-corrected chi connectivity index (χ3v) is 2.25. The highest BCUT2D eigenvalue weighted by molar-refractivity contribution is 6.31. The maximum Gasteiger partial charge on any atom is 0.153 e. The lowest BCUT2D eigenvalue weighted by Crippen LogP contribution is -2.28. The molecule has 0 aliphatic rings. The Kier molecular flexibility index (Phi) is 3.61. The first-order chi connectivity index (χ1) is 6.50. The van der Waals surface area contributed by atoms with Gasteiger partial charge in [-0.2, -0.15) is 0 Å². The average molecular weight is 216 g/mol. The highest BCUT2D eigenvalue weighted by Gasteiger charge is 2.11. The number of benzene rings is 1. The molecule has 1 aromatic rings. The maximum atomic E-state index is 12.8. The molecule has 1 aromatic carbocycles. The molecule has 0 saturated carbocycles. The maximum absolute atomic E-state index is 12.8. The van der Waals surface area contributed by atoms with Crippen molar-refractivity contribution in [2.24, 2.45) is 5.73 Å². The predicted molar refractivity (Wildman–Crippen MR) is 53.8 cm³/mol. The molecular formula is C10H11ClFNO. The number of carbonyl (C=O) groups excluding carboxylic acids is 1. The molecule has 14 heavy (non-hydrogen) atoms. The lowest BCUT2D eigenvalue weighted by Gasteiger charge is -2.06. The van der Waals surface area contributed by atoms with E-state index in [4.69, 9.17) is 17.3 Å². The van der Waals surface area contributed by atoms with Crippen molar-refractivity contribution in [2.45, 2.75) is 19.4 Å². The van der Waals surface area contributed by atoms with E-state index in [9.17, 15) is 9.18 Å². The van der Waals surface area contributed by atoms with Crippen LogP contribution in [0.15, 0.2) is 18.2 Å². The van der Waals surface area contributed by atoms with E-state index in [1.807, 2.05) is 0 Å². The molecule has 0 saturated heterocycles. The summed E-state index contributed by atoms with van der Waals surface area (Å²) in [6.07, 6.45) is 0.0776. The van der Waals surface area contributed by atoms with Gasteiger partial charge in [-0.3, -0.25) is 4.79 Å². The Morgan fingerprint density at radius 2 is 2.29 bits per heavy atom. The number of rotatable bonds is 3. The third-order valence-electron chi connectivity index (χ3n) is 1.88. The number of nitrogens with two attached hydrogens (primary N) is 1. The van der Waals surface area contributed by atoms with Gasteiger partial charge in [0, 0.05) is 11.4 Å². The standard InChI is InChI=1S/C10H11ClFNO/c1-6(13)10(14)5-7-4-8(12)2-3-9(7)11/h2-4,6H,5,13H2,1H3. The smallest absolute Gasteiger partial charge is 0.153 e. The van der Waals surface area contributed by atoms with Crippen LogP contribution in [0.3, 0.4) is 0 Å². The minimum absolute atomic E-state index is 0.0776. The molecule has 0 spiro atoms. The number of Topliss-reactive ketones (excluding diaryl/α,β-unsaturated/α-hetero) is 1. The van der Waals surface area contributed by atoms with Crippen LogP contribution in [0.1, 0.15) is 12.5 Å². The van der Waals surface area contributed by atoms with Gasteiger partial charge in [0.2, 0.25) is 0 Å². The van der Waals surface area contributed by atoms with Crippen molar-refractivity contribution in [2.75, 3.05) is 0 Å². The molecule has 2 N–H and O–H groups in total. The van der Waals surface area contributed by atoms with Gasteiger partial charge < -0.3 is 5.73 Å². The second kappa shape index (κ2) is 4.53. The first-order valence-electron chi connectivity index (χ1n) is 4.23. The molecule has 0 aliphatic heterocycles. The van der Waals surface area contributed by atoms with Crippen LogP contribution in [0.25, 0.3) is 0 Å². The zero-order valence-corrected chi connectivity index (χ0v) is 8.51. The Morgan fingerprint density at radius 3 is 2.86 bits per heavy atom. The van der Waals surface area contributed by atoms with Crippen LogP contribution in [-0.2, 0) is 11.2 Å². The van der Waals surface area contributed by atoms with E-state index in [0.717, 1.165) is 0 Å². The SMILES string of the molecule is CC(N)C(=O)Cc1cc(F)ccc1Cl. The topological polar surface area (TPSA) is 43.1 Å². The fourth-order valence-electron chi connectivity index (χ4n) is 1.03. The van der Waals surface area contributed by atoms with Gasteiger partial charge in [-0.05, 0) is 30.7 Å². The zero-order chi connectivity index (χ0) is 10.7. The number of ketones is 1. The summed E-state index contributed by atoms with van der Waals surface area (Å²) >= 11 is 5.79. The van der Waals surface area contributed by atoms with Gasteiger partial charge in [0.05, 0.1) is 6.04 Å². The Labute approximate surface area is 86.9 Å². The molecule has 0 amide bonds. The summed E-state index contributed by atoms with van der Waals surface area (Å²) in [5.74, 6) is -0.556. The van der Waals surface area contributed by atoms with Crippen molar-refractivity contribution in [1.82, 2.24) is 0 Å². The Hall–Kier alpha value is -0.930. The van der Waals surface area contributed by atoms with Crippen LogP contribution in [0.2, 0.25) is 5.02 Å². The molecule has 4 heteroatoms. The normalized spacial score (nSPS) is 12.6. The fourth-order valence-corrected chi connectivity index (χ4v) is 1.21. The van der Waals surface area contributed by atoms with Gasteiger partial charge >= 0.3 is 0 Å². The largest absolute Gasteiger partial charge is 0.322 e. The minimum Gasteiger partial charge on any atom is -0.322 e. The van der Waals surface area contributed by atoms with Crippen LogP contribution in [-0.4, -0.2) is 11.8 Å². The number of carbonyl (C=O) groups is 1. The van der Waals surface area contributed by atoms with E-state index in [1.54, 1.807) is 6.92 Å². The Balaban J connectivity index is 2.86. The number of hydrogen-bond acceptors (Lipinski definition) is 2. The molecule has 2 nitrogen and oxygen atoms in total. The van der Waals surface area contributed by atoms with Crippen LogP contribution in [0.4, 0.5) is 4.39 Å². The van der Waals surface area contributed by atoms with Crippen molar-refractivity contribution < 1.29 is 9.18 Å². The third kappa shape index (κ3) is 2.79. The molecule has 76 valence electrons. The van der Waals surface area contributed by atoms with Gasteiger partial charge in [0.25, 0.3) is 0 Å².